The Morgan fingerprint density at radius 1 is 1.15 bits per heavy atom. The number of nitrogens with one attached hydrogen (secondary N) is 2. The van der Waals surface area contributed by atoms with Gasteiger partial charge in [0.05, 0.1) is 12.2 Å². The molecule has 202 valence electrons. The normalized spacial score (nSPS) is 18.3. The van der Waals surface area contributed by atoms with E-state index in [2.05, 4.69) is 15.3 Å². The van der Waals surface area contributed by atoms with Gasteiger partial charge in [-0.1, -0.05) is 6.07 Å². The molecule has 39 heavy (non-hydrogen) atoms. The Bertz CT molecular complexity index is 1600. The second kappa shape index (κ2) is 9.09. The standard InChI is InChI=1S/C27H22F4N4O4/c1-25(24(32)37)13-39-22-18(25)11-20(35-21(22)15-4-6-17(28)7-5-15)26(38,27(29,30)31)12-34-23(36)16-3-2-14-8-9-33-19(14)10-16/h2-11,33,38H,12-13H2,1H3,(H2,32,37)(H,34,36)/t25-,26?/m0/s1. The zero-order chi connectivity index (χ0) is 28.2. The van der Waals surface area contributed by atoms with E-state index in [0.29, 0.717) is 5.52 Å². The summed E-state index contributed by atoms with van der Waals surface area (Å²) in [5.41, 5.74) is 0.118. The van der Waals surface area contributed by atoms with Crippen molar-refractivity contribution in [2.45, 2.75) is 24.1 Å². The van der Waals surface area contributed by atoms with Crippen molar-refractivity contribution in [1.29, 1.82) is 0 Å². The number of nitrogens with zero attached hydrogens (tertiary/aromatic N) is 1. The summed E-state index contributed by atoms with van der Waals surface area (Å²) in [7, 11) is 0. The molecule has 8 nitrogen and oxygen atoms in total. The van der Waals surface area contributed by atoms with Gasteiger partial charge in [0, 0.05) is 28.4 Å². The number of aromatic amines is 1. The van der Waals surface area contributed by atoms with E-state index in [9.17, 15) is 32.3 Å². The first-order chi connectivity index (χ1) is 18.3. The minimum absolute atomic E-state index is 0.0144. The Kier molecular flexibility index (Phi) is 6.10. The van der Waals surface area contributed by atoms with Crippen LogP contribution in [0.15, 0.2) is 60.8 Å². The van der Waals surface area contributed by atoms with Gasteiger partial charge in [-0.05, 0) is 60.8 Å². The highest BCUT2D eigenvalue weighted by Gasteiger charge is 2.57. The van der Waals surface area contributed by atoms with Crippen molar-refractivity contribution in [2.24, 2.45) is 5.73 Å². The first-order valence-corrected chi connectivity index (χ1v) is 11.7. The first-order valence-electron chi connectivity index (χ1n) is 11.7. The summed E-state index contributed by atoms with van der Waals surface area (Å²) in [5, 5.41) is 14.0. The van der Waals surface area contributed by atoms with Crippen LogP contribution in [0.25, 0.3) is 22.2 Å². The summed E-state index contributed by atoms with van der Waals surface area (Å²) in [5.74, 6) is -2.34. The molecule has 0 bridgehead atoms. The average Bonchev–Trinajstić information content (AvgIpc) is 3.51. The molecule has 2 amide bonds. The maximum absolute atomic E-state index is 14.5. The number of carbonyl (C=O) groups excluding carboxylic acids is 2. The fourth-order valence-corrected chi connectivity index (χ4v) is 4.44. The first kappa shape index (κ1) is 26.2. The Morgan fingerprint density at radius 2 is 1.87 bits per heavy atom. The molecule has 0 aliphatic carbocycles. The zero-order valence-electron chi connectivity index (χ0n) is 20.4. The van der Waals surface area contributed by atoms with Gasteiger partial charge >= 0.3 is 6.18 Å². The largest absolute Gasteiger partial charge is 0.489 e. The van der Waals surface area contributed by atoms with Crippen molar-refractivity contribution >= 4 is 22.7 Å². The van der Waals surface area contributed by atoms with E-state index in [1.165, 1.54) is 31.2 Å². The molecule has 0 saturated heterocycles. The Balaban J connectivity index is 1.59. The predicted octanol–water partition coefficient (Wildman–Crippen LogP) is 3.68. The number of fused-ring (bicyclic) bond motifs is 2. The molecule has 0 fully saturated rings. The van der Waals surface area contributed by atoms with Crippen molar-refractivity contribution < 1.29 is 37.0 Å². The number of H-pyrrole nitrogens is 1. The number of aliphatic hydroxyl groups is 1. The summed E-state index contributed by atoms with van der Waals surface area (Å²) < 4.78 is 62.6. The van der Waals surface area contributed by atoms with Gasteiger partial charge in [0.15, 0.2) is 0 Å². The number of ether oxygens (including phenoxy) is 1. The highest BCUT2D eigenvalue weighted by molar-refractivity contribution is 5.98. The van der Waals surface area contributed by atoms with Gasteiger partial charge in [-0.25, -0.2) is 9.37 Å². The van der Waals surface area contributed by atoms with E-state index in [0.717, 1.165) is 23.6 Å². The van der Waals surface area contributed by atoms with Crippen LogP contribution in [0.4, 0.5) is 17.6 Å². The van der Waals surface area contributed by atoms with Gasteiger partial charge in [-0.15, -0.1) is 0 Å². The summed E-state index contributed by atoms with van der Waals surface area (Å²) in [6.45, 7) is -0.176. The van der Waals surface area contributed by atoms with Crippen molar-refractivity contribution in [3.63, 3.8) is 0 Å². The molecule has 4 aromatic rings. The lowest BCUT2D eigenvalue weighted by Gasteiger charge is -2.31. The number of rotatable bonds is 6. The van der Waals surface area contributed by atoms with Crippen LogP contribution < -0.4 is 15.8 Å². The molecule has 0 saturated carbocycles. The molecule has 1 aliphatic heterocycles. The number of halogens is 4. The molecular weight excluding hydrogens is 520 g/mol. The molecule has 5 N–H and O–H groups in total. The number of primary amides is 1. The predicted molar refractivity (Wildman–Crippen MR) is 132 cm³/mol. The van der Waals surface area contributed by atoms with Crippen molar-refractivity contribution in [3.8, 4) is 17.0 Å². The van der Waals surface area contributed by atoms with E-state index >= 15 is 0 Å². The van der Waals surface area contributed by atoms with E-state index < -0.39 is 47.1 Å². The van der Waals surface area contributed by atoms with Gasteiger partial charge in [0.1, 0.15) is 29.3 Å². The number of benzene rings is 2. The molecule has 0 spiro atoms. The molecule has 5 rings (SSSR count). The number of nitrogens with two attached hydrogens (primary N) is 1. The number of alkyl halides is 3. The highest BCUT2D eigenvalue weighted by Crippen LogP contribution is 2.47. The van der Waals surface area contributed by atoms with Crippen LogP contribution >= 0.6 is 0 Å². The number of amides is 2. The van der Waals surface area contributed by atoms with Gasteiger partial charge in [0.2, 0.25) is 11.5 Å². The molecule has 2 aromatic heterocycles. The highest BCUT2D eigenvalue weighted by atomic mass is 19.4. The lowest BCUT2D eigenvalue weighted by Crippen LogP contribution is -2.51. The zero-order valence-corrected chi connectivity index (χ0v) is 20.4. The van der Waals surface area contributed by atoms with E-state index in [1.54, 1.807) is 18.3 Å². The summed E-state index contributed by atoms with van der Waals surface area (Å²) in [6, 6.07) is 11.9. The molecule has 1 aliphatic rings. The van der Waals surface area contributed by atoms with Crippen LogP contribution in [0.1, 0.15) is 28.5 Å². The Labute approximate surface area is 218 Å². The SMILES string of the molecule is C[C@]1(C(N)=O)COc2c1cc(C(O)(CNC(=O)c1ccc3cc[nH]c3c1)C(F)(F)F)nc2-c1ccc(F)cc1. The molecule has 0 radical (unpaired) electrons. The van der Waals surface area contributed by atoms with Crippen LogP contribution in [0.5, 0.6) is 5.75 Å². The van der Waals surface area contributed by atoms with Crippen LogP contribution in [0.3, 0.4) is 0 Å². The second-order valence-corrected chi connectivity index (χ2v) is 9.55. The maximum Gasteiger partial charge on any atom is 0.424 e. The molecule has 12 heteroatoms. The Morgan fingerprint density at radius 3 is 2.54 bits per heavy atom. The maximum atomic E-state index is 14.5. The smallest absolute Gasteiger partial charge is 0.424 e. The average molecular weight is 542 g/mol. The summed E-state index contributed by atoms with van der Waals surface area (Å²) in [6.07, 6.45) is -3.66. The number of aromatic nitrogens is 2. The third-order valence-electron chi connectivity index (χ3n) is 6.95. The minimum Gasteiger partial charge on any atom is -0.489 e. The van der Waals surface area contributed by atoms with Gasteiger partial charge < -0.3 is 25.9 Å². The number of hydrogen-bond donors (Lipinski definition) is 4. The topological polar surface area (TPSA) is 130 Å². The molecule has 1 unspecified atom stereocenters. The molecule has 2 aromatic carbocycles. The lowest BCUT2D eigenvalue weighted by atomic mass is 9.81. The fraction of sp³-hybridized carbons (Fsp3) is 0.222. The quantitative estimate of drug-likeness (QED) is 0.276. The van der Waals surface area contributed by atoms with E-state index in [1.807, 2.05) is 0 Å². The molecule has 3 heterocycles. The van der Waals surface area contributed by atoms with Crippen LogP contribution in [-0.2, 0) is 15.8 Å². The van der Waals surface area contributed by atoms with E-state index in [-0.39, 0.29) is 34.7 Å². The van der Waals surface area contributed by atoms with Crippen LogP contribution in [0, 0.1) is 5.82 Å². The second-order valence-electron chi connectivity index (χ2n) is 9.55. The number of hydrogen-bond acceptors (Lipinski definition) is 5. The van der Waals surface area contributed by atoms with Gasteiger partial charge in [-0.2, -0.15) is 13.2 Å². The monoisotopic (exact) mass is 542 g/mol. The van der Waals surface area contributed by atoms with E-state index in [4.69, 9.17) is 10.5 Å². The number of pyridine rings is 1. The van der Waals surface area contributed by atoms with Crippen molar-refractivity contribution in [2.75, 3.05) is 13.2 Å². The lowest BCUT2D eigenvalue weighted by molar-refractivity contribution is -0.265. The fourth-order valence-electron chi connectivity index (χ4n) is 4.44. The third-order valence-corrected chi connectivity index (χ3v) is 6.95. The molecular formula is C27H22F4N4O4. The van der Waals surface area contributed by atoms with Gasteiger partial charge in [-0.3, -0.25) is 9.59 Å². The van der Waals surface area contributed by atoms with Crippen molar-refractivity contribution in [1.82, 2.24) is 15.3 Å². The third kappa shape index (κ3) is 4.36. The van der Waals surface area contributed by atoms with Crippen molar-refractivity contribution in [3.05, 3.63) is 83.4 Å². The van der Waals surface area contributed by atoms with Crippen LogP contribution in [-0.4, -0.2) is 46.2 Å². The summed E-state index contributed by atoms with van der Waals surface area (Å²) >= 11 is 0. The van der Waals surface area contributed by atoms with Crippen LogP contribution in [0.2, 0.25) is 0 Å². The summed E-state index contributed by atoms with van der Waals surface area (Å²) in [4.78, 5) is 32.1. The minimum atomic E-state index is -5.31. The molecule has 2 atom stereocenters. The van der Waals surface area contributed by atoms with Gasteiger partial charge in [0.25, 0.3) is 5.91 Å². The number of carbonyl (C=O) groups is 2. The Hall–Kier alpha value is -4.45.